The van der Waals surface area contributed by atoms with E-state index in [0.29, 0.717) is 5.41 Å². The van der Waals surface area contributed by atoms with Gasteiger partial charge in [-0.2, -0.15) is 12.6 Å². The van der Waals surface area contributed by atoms with E-state index in [1.165, 1.54) is 51.6 Å². The maximum Gasteiger partial charge on any atom is 0.0472 e. The summed E-state index contributed by atoms with van der Waals surface area (Å²) in [7, 11) is 2.33. The van der Waals surface area contributed by atoms with Gasteiger partial charge in [0.25, 0.3) is 0 Å². The Balaban J connectivity index is 1.51. The topological polar surface area (TPSA) is 12.5 Å². The number of fused-ring (bicyclic) bond motifs is 2. The minimum atomic E-state index is 0.410. The summed E-state index contributed by atoms with van der Waals surface area (Å²) >= 11 is 4.63. The van der Waals surface area contributed by atoms with Gasteiger partial charge in [-0.1, -0.05) is 6.42 Å². The van der Waals surface area contributed by atoms with Gasteiger partial charge in [0.05, 0.1) is 0 Å². The summed E-state index contributed by atoms with van der Waals surface area (Å²) in [6, 6.07) is 0. The number of hydrogen-bond acceptors (Lipinski definition) is 3. The Morgan fingerprint density at radius 1 is 1.21 bits per heavy atom. The molecule has 2 bridgehead atoms. The van der Waals surface area contributed by atoms with Crippen LogP contribution >= 0.6 is 12.6 Å². The molecule has 1 heterocycles. The van der Waals surface area contributed by atoms with Gasteiger partial charge in [0.15, 0.2) is 0 Å². The predicted octanol–water partition coefficient (Wildman–Crippen LogP) is 3.08. The Morgan fingerprint density at radius 3 is 2.58 bits per heavy atom. The normalized spacial score (nSPS) is 37.1. The fraction of sp³-hybridized carbons (Fsp3) is 1.00. The Hall–Kier alpha value is 0.270. The minimum absolute atomic E-state index is 0.410. The van der Waals surface area contributed by atoms with Gasteiger partial charge in [0.2, 0.25) is 0 Å². The molecule has 2 aliphatic carbocycles. The van der Waals surface area contributed by atoms with Crippen molar-refractivity contribution in [1.29, 1.82) is 0 Å². The highest BCUT2D eigenvalue weighted by Gasteiger charge is 2.40. The molecule has 3 unspecified atom stereocenters. The molecule has 3 rings (SSSR count). The summed E-state index contributed by atoms with van der Waals surface area (Å²) in [5, 5.41) is 0. The van der Waals surface area contributed by atoms with Crippen molar-refractivity contribution in [1.82, 2.24) is 4.90 Å². The van der Waals surface area contributed by atoms with Crippen LogP contribution in [0.15, 0.2) is 0 Å². The first-order valence-electron chi connectivity index (χ1n) is 8.08. The van der Waals surface area contributed by atoms with E-state index in [1.54, 1.807) is 0 Å². The van der Waals surface area contributed by atoms with Crippen molar-refractivity contribution in [2.75, 3.05) is 39.1 Å². The summed E-state index contributed by atoms with van der Waals surface area (Å²) in [5.74, 6) is 4.12. The highest BCUT2D eigenvalue weighted by molar-refractivity contribution is 7.80. The second-order valence-corrected chi connectivity index (χ2v) is 7.72. The predicted molar refractivity (Wildman–Crippen MR) is 82.8 cm³/mol. The number of nitrogens with zero attached hydrogens (tertiary/aromatic N) is 1. The van der Waals surface area contributed by atoms with Crippen molar-refractivity contribution in [3.05, 3.63) is 0 Å². The fourth-order valence-electron chi connectivity index (χ4n) is 4.81. The molecule has 0 spiro atoms. The highest BCUT2D eigenvalue weighted by atomic mass is 32.1. The minimum Gasteiger partial charge on any atom is -0.381 e. The van der Waals surface area contributed by atoms with Crippen molar-refractivity contribution in [2.45, 2.75) is 38.5 Å². The Labute approximate surface area is 123 Å². The second kappa shape index (κ2) is 5.95. The molecule has 3 atom stereocenters. The lowest BCUT2D eigenvalue weighted by Gasteiger charge is -2.40. The lowest BCUT2D eigenvalue weighted by molar-refractivity contribution is 0.00851. The fourth-order valence-corrected chi connectivity index (χ4v) is 5.22. The molecule has 0 aromatic carbocycles. The molecule has 19 heavy (non-hydrogen) atoms. The third-order valence-electron chi connectivity index (χ3n) is 5.92. The molecule has 0 aromatic rings. The van der Waals surface area contributed by atoms with Crippen LogP contribution in [0.4, 0.5) is 0 Å². The van der Waals surface area contributed by atoms with Crippen LogP contribution in [-0.4, -0.2) is 44.0 Å². The number of hydrogen-bond donors (Lipinski definition) is 1. The number of rotatable bonds is 5. The van der Waals surface area contributed by atoms with Crippen LogP contribution in [0.2, 0.25) is 0 Å². The molecule has 0 aromatic heterocycles. The number of thiol groups is 1. The highest BCUT2D eigenvalue weighted by Crippen LogP contribution is 2.48. The third-order valence-corrected chi connectivity index (χ3v) is 6.60. The van der Waals surface area contributed by atoms with Crippen LogP contribution in [0.25, 0.3) is 0 Å². The smallest absolute Gasteiger partial charge is 0.0472 e. The summed E-state index contributed by atoms with van der Waals surface area (Å²) in [5.41, 5.74) is 0.410. The van der Waals surface area contributed by atoms with Crippen molar-refractivity contribution in [3.63, 3.8) is 0 Å². The molecule has 1 aliphatic heterocycles. The quantitative estimate of drug-likeness (QED) is 0.779. The van der Waals surface area contributed by atoms with E-state index in [0.717, 1.165) is 36.7 Å². The first kappa shape index (κ1) is 14.2. The van der Waals surface area contributed by atoms with Gasteiger partial charge in [-0.05, 0) is 68.1 Å². The summed E-state index contributed by atoms with van der Waals surface area (Å²) < 4.78 is 5.53. The average molecular weight is 283 g/mol. The van der Waals surface area contributed by atoms with Gasteiger partial charge in [-0.15, -0.1) is 0 Å². The van der Waals surface area contributed by atoms with Gasteiger partial charge in [-0.25, -0.2) is 0 Å². The van der Waals surface area contributed by atoms with Gasteiger partial charge in [-0.3, -0.25) is 0 Å². The van der Waals surface area contributed by atoms with E-state index in [-0.39, 0.29) is 0 Å². The van der Waals surface area contributed by atoms with Crippen LogP contribution in [-0.2, 0) is 4.74 Å². The lowest BCUT2D eigenvalue weighted by Crippen LogP contribution is -2.43. The molecule has 3 fully saturated rings. The van der Waals surface area contributed by atoms with E-state index in [2.05, 4.69) is 24.6 Å². The maximum absolute atomic E-state index is 5.53. The molecule has 3 aliphatic rings. The SMILES string of the molecule is CN(CC1CC2CCC1C2)CC1(CS)CCOCC1. The van der Waals surface area contributed by atoms with Gasteiger partial charge >= 0.3 is 0 Å². The van der Waals surface area contributed by atoms with E-state index in [9.17, 15) is 0 Å². The van der Waals surface area contributed by atoms with Crippen molar-refractivity contribution >= 4 is 12.6 Å². The van der Waals surface area contributed by atoms with Gasteiger partial charge < -0.3 is 9.64 Å². The van der Waals surface area contributed by atoms with Crippen LogP contribution in [0.3, 0.4) is 0 Å². The molecule has 2 saturated carbocycles. The van der Waals surface area contributed by atoms with Crippen LogP contribution in [0.1, 0.15) is 38.5 Å². The Kier molecular flexibility index (Phi) is 4.45. The third kappa shape index (κ3) is 3.14. The average Bonchev–Trinajstić information content (AvgIpc) is 3.02. The first-order chi connectivity index (χ1) is 9.21. The molecule has 0 amide bonds. The monoisotopic (exact) mass is 283 g/mol. The van der Waals surface area contributed by atoms with Crippen molar-refractivity contribution < 1.29 is 4.74 Å². The van der Waals surface area contributed by atoms with E-state index in [1.807, 2.05) is 0 Å². The molecule has 0 radical (unpaired) electrons. The molecule has 1 saturated heterocycles. The van der Waals surface area contributed by atoms with Crippen LogP contribution in [0, 0.1) is 23.2 Å². The number of ether oxygens (including phenoxy) is 1. The summed E-state index contributed by atoms with van der Waals surface area (Å²) in [6.07, 6.45) is 8.45. The molecular weight excluding hydrogens is 254 g/mol. The summed E-state index contributed by atoms with van der Waals surface area (Å²) in [4.78, 5) is 2.60. The first-order valence-corrected chi connectivity index (χ1v) is 8.71. The van der Waals surface area contributed by atoms with E-state index in [4.69, 9.17) is 4.74 Å². The zero-order valence-electron chi connectivity index (χ0n) is 12.3. The molecule has 0 N–H and O–H groups in total. The van der Waals surface area contributed by atoms with E-state index >= 15 is 0 Å². The van der Waals surface area contributed by atoms with Gasteiger partial charge in [0.1, 0.15) is 0 Å². The Bertz CT molecular complexity index is 303. The van der Waals surface area contributed by atoms with E-state index < -0.39 is 0 Å². The van der Waals surface area contributed by atoms with Crippen molar-refractivity contribution in [3.8, 4) is 0 Å². The largest absolute Gasteiger partial charge is 0.381 e. The maximum atomic E-state index is 5.53. The van der Waals surface area contributed by atoms with Crippen LogP contribution < -0.4 is 0 Å². The van der Waals surface area contributed by atoms with Crippen LogP contribution in [0.5, 0.6) is 0 Å². The molecule has 3 heteroatoms. The molecular formula is C16H29NOS. The van der Waals surface area contributed by atoms with Gasteiger partial charge in [0, 0.05) is 26.3 Å². The summed E-state index contributed by atoms with van der Waals surface area (Å²) in [6.45, 7) is 4.40. The zero-order valence-corrected chi connectivity index (χ0v) is 13.2. The van der Waals surface area contributed by atoms with Crippen molar-refractivity contribution in [2.24, 2.45) is 23.2 Å². The lowest BCUT2D eigenvalue weighted by atomic mass is 9.81. The standard InChI is InChI=1S/C16H29NOS/c1-17(10-15-9-13-2-3-14(15)8-13)11-16(12-19)4-6-18-7-5-16/h13-15,19H,2-12H2,1H3. The zero-order chi connectivity index (χ0) is 13.3. The molecule has 110 valence electrons. The molecule has 2 nitrogen and oxygen atoms in total. The Morgan fingerprint density at radius 2 is 2.00 bits per heavy atom. The second-order valence-electron chi connectivity index (χ2n) is 7.40.